The van der Waals surface area contributed by atoms with Crippen molar-refractivity contribution in [3.63, 3.8) is 0 Å². The molecule has 1 unspecified atom stereocenters. The standard InChI is InChI=1S/C9H19N3O/c1-7(2)12-5-4-8(6-12)11-9(13)10-3/h7-8H,4-6H2,1-3H3,(H2,10,11,13). The molecule has 2 N–H and O–H groups in total. The normalized spacial score (nSPS) is 23.5. The average Bonchev–Trinajstić information content (AvgIpc) is 2.52. The molecule has 0 saturated carbocycles. The number of likely N-dealkylation sites (tertiary alicyclic amines) is 1. The van der Waals surface area contributed by atoms with Gasteiger partial charge in [0.15, 0.2) is 0 Å². The van der Waals surface area contributed by atoms with Gasteiger partial charge < -0.3 is 10.6 Å². The number of carbonyl (C=O) groups is 1. The molecule has 76 valence electrons. The van der Waals surface area contributed by atoms with Crippen LogP contribution in [0.4, 0.5) is 4.79 Å². The second kappa shape index (κ2) is 4.46. The number of hydrogen-bond acceptors (Lipinski definition) is 2. The molecule has 1 aliphatic heterocycles. The van der Waals surface area contributed by atoms with Gasteiger partial charge in [0.05, 0.1) is 0 Å². The summed E-state index contributed by atoms with van der Waals surface area (Å²) < 4.78 is 0. The van der Waals surface area contributed by atoms with Crippen molar-refractivity contribution in [2.24, 2.45) is 0 Å². The summed E-state index contributed by atoms with van der Waals surface area (Å²) in [6.07, 6.45) is 1.06. The number of amides is 2. The van der Waals surface area contributed by atoms with Crippen LogP contribution in [-0.4, -0.2) is 43.2 Å². The Morgan fingerprint density at radius 2 is 2.23 bits per heavy atom. The van der Waals surface area contributed by atoms with E-state index in [-0.39, 0.29) is 6.03 Å². The quantitative estimate of drug-likeness (QED) is 0.654. The summed E-state index contributed by atoms with van der Waals surface area (Å²) in [4.78, 5) is 13.4. The predicted octanol–water partition coefficient (Wildman–Crippen LogP) is 0.398. The van der Waals surface area contributed by atoms with E-state index in [1.165, 1.54) is 0 Å². The van der Waals surface area contributed by atoms with Crippen molar-refractivity contribution >= 4 is 6.03 Å². The highest BCUT2D eigenvalue weighted by Gasteiger charge is 2.24. The van der Waals surface area contributed by atoms with Gasteiger partial charge in [0, 0.05) is 32.2 Å². The molecule has 0 aromatic heterocycles. The van der Waals surface area contributed by atoms with Gasteiger partial charge in [0.2, 0.25) is 0 Å². The minimum Gasteiger partial charge on any atom is -0.341 e. The second-order valence-corrected chi connectivity index (χ2v) is 3.80. The number of nitrogens with zero attached hydrogens (tertiary/aromatic N) is 1. The zero-order valence-electron chi connectivity index (χ0n) is 8.63. The van der Waals surface area contributed by atoms with Crippen LogP contribution in [0.15, 0.2) is 0 Å². The Labute approximate surface area is 79.7 Å². The monoisotopic (exact) mass is 185 g/mol. The summed E-state index contributed by atoms with van der Waals surface area (Å²) in [5.74, 6) is 0. The molecule has 1 rings (SSSR count). The third-order valence-corrected chi connectivity index (χ3v) is 2.51. The Hall–Kier alpha value is -0.770. The largest absolute Gasteiger partial charge is 0.341 e. The van der Waals surface area contributed by atoms with Crippen LogP contribution >= 0.6 is 0 Å². The summed E-state index contributed by atoms with van der Waals surface area (Å²) in [5.41, 5.74) is 0. The van der Waals surface area contributed by atoms with Gasteiger partial charge in [-0.2, -0.15) is 0 Å². The van der Waals surface area contributed by atoms with Crippen LogP contribution in [0.3, 0.4) is 0 Å². The number of carbonyl (C=O) groups excluding carboxylic acids is 1. The van der Waals surface area contributed by atoms with Crippen molar-refractivity contribution in [1.82, 2.24) is 15.5 Å². The van der Waals surface area contributed by atoms with Crippen molar-refractivity contribution < 1.29 is 4.79 Å². The van der Waals surface area contributed by atoms with E-state index in [9.17, 15) is 4.79 Å². The predicted molar refractivity (Wildman–Crippen MR) is 52.7 cm³/mol. The minimum absolute atomic E-state index is 0.0735. The molecule has 0 aromatic carbocycles. The Kier molecular flexibility index (Phi) is 3.54. The number of rotatable bonds is 2. The molecule has 0 radical (unpaired) electrons. The molecule has 0 spiro atoms. The van der Waals surface area contributed by atoms with Crippen LogP contribution in [0.1, 0.15) is 20.3 Å². The molecule has 4 nitrogen and oxygen atoms in total. The minimum atomic E-state index is -0.0735. The first kappa shape index (κ1) is 10.3. The van der Waals surface area contributed by atoms with Crippen molar-refractivity contribution in [3.8, 4) is 0 Å². The third-order valence-electron chi connectivity index (χ3n) is 2.51. The number of urea groups is 1. The highest BCUT2D eigenvalue weighted by molar-refractivity contribution is 5.73. The van der Waals surface area contributed by atoms with Crippen LogP contribution < -0.4 is 10.6 Å². The first-order valence-electron chi connectivity index (χ1n) is 4.85. The van der Waals surface area contributed by atoms with Crippen molar-refractivity contribution in [2.45, 2.75) is 32.4 Å². The highest BCUT2D eigenvalue weighted by Crippen LogP contribution is 2.11. The van der Waals surface area contributed by atoms with E-state index in [4.69, 9.17) is 0 Å². The van der Waals surface area contributed by atoms with Crippen molar-refractivity contribution in [1.29, 1.82) is 0 Å². The van der Waals surface area contributed by atoms with Crippen molar-refractivity contribution in [3.05, 3.63) is 0 Å². The first-order valence-corrected chi connectivity index (χ1v) is 4.85. The van der Waals surface area contributed by atoms with Crippen LogP contribution in [0.2, 0.25) is 0 Å². The van der Waals surface area contributed by atoms with Gasteiger partial charge in [0.25, 0.3) is 0 Å². The maximum Gasteiger partial charge on any atom is 0.314 e. The highest BCUT2D eigenvalue weighted by atomic mass is 16.2. The Morgan fingerprint density at radius 1 is 1.54 bits per heavy atom. The summed E-state index contributed by atoms with van der Waals surface area (Å²) in [7, 11) is 1.64. The van der Waals surface area contributed by atoms with E-state index in [1.54, 1.807) is 7.05 Å². The van der Waals surface area contributed by atoms with E-state index < -0.39 is 0 Å². The lowest BCUT2D eigenvalue weighted by molar-refractivity contribution is 0.235. The van der Waals surface area contributed by atoms with Gasteiger partial charge in [-0.3, -0.25) is 4.90 Å². The fourth-order valence-corrected chi connectivity index (χ4v) is 1.63. The molecular formula is C9H19N3O. The van der Waals surface area contributed by atoms with Gasteiger partial charge >= 0.3 is 6.03 Å². The zero-order valence-corrected chi connectivity index (χ0v) is 8.63. The summed E-state index contributed by atoms with van der Waals surface area (Å²) in [5, 5.41) is 5.49. The molecule has 13 heavy (non-hydrogen) atoms. The first-order chi connectivity index (χ1) is 6.13. The molecule has 4 heteroatoms. The zero-order chi connectivity index (χ0) is 9.84. The maximum atomic E-state index is 11.0. The molecule has 0 aromatic rings. The molecule has 1 atom stereocenters. The topological polar surface area (TPSA) is 44.4 Å². The van der Waals surface area contributed by atoms with Gasteiger partial charge in [-0.05, 0) is 20.3 Å². The lowest BCUT2D eigenvalue weighted by Gasteiger charge is -2.20. The molecule has 0 aliphatic carbocycles. The Balaban J connectivity index is 2.29. The van der Waals surface area contributed by atoms with Crippen LogP contribution in [0.25, 0.3) is 0 Å². The van der Waals surface area contributed by atoms with E-state index in [0.717, 1.165) is 19.5 Å². The summed E-state index contributed by atoms with van der Waals surface area (Å²) >= 11 is 0. The third kappa shape index (κ3) is 2.88. The maximum absolute atomic E-state index is 11.0. The number of nitrogens with one attached hydrogen (secondary N) is 2. The molecule has 1 saturated heterocycles. The smallest absolute Gasteiger partial charge is 0.314 e. The molecular weight excluding hydrogens is 166 g/mol. The Bertz CT molecular complexity index is 182. The summed E-state index contributed by atoms with van der Waals surface area (Å²) in [6, 6.07) is 0.828. The summed E-state index contributed by atoms with van der Waals surface area (Å²) in [6.45, 7) is 6.43. The lowest BCUT2D eigenvalue weighted by Crippen LogP contribution is -2.42. The van der Waals surface area contributed by atoms with Crippen LogP contribution in [-0.2, 0) is 0 Å². The molecule has 1 heterocycles. The van der Waals surface area contributed by atoms with E-state index >= 15 is 0 Å². The molecule has 2 amide bonds. The lowest BCUT2D eigenvalue weighted by atomic mass is 10.3. The fraction of sp³-hybridized carbons (Fsp3) is 0.889. The molecule has 1 fully saturated rings. The number of hydrogen-bond donors (Lipinski definition) is 2. The van der Waals surface area contributed by atoms with E-state index in [1.807, 2.05) is 0 Å². The van der Waals surface area contributed by atoms with E-state index in [2.05, 4.69) is 29.4 Å². The van der Waals surface area contributed by atoms with Gasteiger partial charge in [0.1, 0.15) is 0 Å². The van der Waals surface area contributed by atoms with Crippen LogP contribution in [0, 0.1) is 0 Å². The Morgan fingerprint density at radius 3 is 2.69 bits per heavy atom. The van der Waals surface area contributed by atoms with E-state index in [0.29, 0.717) is 12.1 Å². The molecule has 0 bridgehead atoms. The van der Waals surface area contributed by atoms with Crippen molar-refractivity contribution in [2.75, 3.05) is 20.1 Å². The van der Waals surface area contributed by atoms with Crippen LogP contribution in [0.5, 0.6) is 0 Å². The van der Waals surface area contributed by atoms with Gasteiger partial charge in [-0.25, -0.2) is 4.79 Å². The SMILES string of the molecule is CNC(=O)NC1CCN(C(C)C)C1. The fourth-order valence-electron chi connectivity index (χ4n) is 1.63. The average molecular weight is 185 g/mol. The molecule has 1 aliphatic rings. The van der Waals surface area contributed by atoms with Gasteiger partial charge in [-0.1, -0.05) is 0 Å². The van der Waals surface area contributed by atoms with Gasteiger partial charge in [-0.15, -0.1) is 0 Å². The second-order valence-electron chi connectivity index (χ2n) is 3.80.